The van der Waals surface area contributed by atoms with E-state index in [0.29, 0.717) is 19.4 Å². The van der Waals surface area contributed by atoms with Crippen LogP contribution < -0.4 is 11.1 Å². The number of amides is 2. The second kappa shape index (κ2) is 5.95. The fourth-order valence-electron chi connectivity index (χ4n) is 2.17. The maximum atomic E-state index is 12.2. The molecule has 1 fully saturated rings. The molecule has 0 aromatic carbocycles. The quantitative estimate of drug-likeness (QED) is 0.697. The van der Waals surface area contributed by atoms with Gasteiger partial charge in [-0.15, -0.1) is 0 Å². The molecule has 2 amide bonds. The Kier molecular flexibility index (Phi) is 4.86. The van der Waals surface area contributed by atoms with Crippen molar-refractivity contribution in [3.63, 3.8) is 0 Å². The molecule has 0 spiro atoms. The molecule has 1 heterocycles. The maximum Gasteiger partial charge on any atom is 0.242 e. The molecule has 0 aromatic heterocycles. The number of hydrogen-bond acceptors (Lipinski definition) is 3. The molecular weight excluding hydrogens is 238 g/mol. The molecule has 1 aliphatic heterocycles. The summed E-state index contributed by atoms with van der Waals surface area (Å²) in [6, 6.07) is -0.365. The van der Waals surface area contributed by atoms with Gasteiger partial charge < -0.3 is 16.0 Å². The number of rotatable bonds is 4. The van der Waals surface area contributed by atoms with E-state index in [9.17, 15) is 9.59 Å². The first-order valence-electron chi connectivity index (χ1n) is 5.84. The van der Waals surface area contributed by atoms with Crippen molar-refractivity contribution >= 4 is 29.0 Å². The number of thiocarbonyl (C=S) groups is 1. The summed E-state index contributed by atoms with van der Waals surface area (Å²) in [5.74, 6) is -0.685. The van der Waals surface area contributed by atoms with Gasteiger partial charge in [0.1, 0.15) is 6.04 Å². The Labute approximate surface area is 107 Å². The van der Waals surface area contributed by atoms with Gasteiger partial charge in [-0.05, 0) is 19.3 Å². The third-order valence-electron chi connectivity index (χ3n) is 3.13. The first-order valence-corrected chi connectivity index (χ1v) is 6.25. The lowest BCUT2D eigenvalue weighted by molar-refractivity contribution is -0.139. The first-order chi connectivity index (χ1) is 8.02. The van der Waals surface area contributed by atoms with Crippen molar-refractivity contribution in [1.29, 1.82) is 0 Å². The van der Waals surface area contributed by atoms with Gasteiger partial charge >= 0.3 is 0 Å². The topological polar surface area (TPSA) is 75.4 Å². The summed E-state index contributed by atoms with van der Waals surface area (Å²) < 4.78 is 0. The molecule has 6 heteroatoms. The predicted octanol–water partition coefficient (Wildman–Crippen LogP) is 0.0357. The van der Waals surface area contributed by atoms with Crippen molar-refractivity contribution in [3.05, 3.63) is 0 Å². The van der Waals surface area contributed by atoms with Crippen molar-refractivity contribution in [3.8, 4) is 0 Å². The molecule has 0 saturated carbocycles. The average Bonchev–Trinajstić information content (AvgIpc) is 2.77. The third-order valence-corrected chi connectivity index (χ3v) is 3.42. The summed E-state index contributed by atoms with van der Waals surface area (Å²) in [5, 5.41) is 2.58. The normalized spacial score (nSPS) is 21.1. The molecule has 5 nitrogen and oxygen atoms in total. The molecule has 2 atom stereocenters. The van der Waals surface area contributed by atoms with E-state index in [-0.39, 0.29) is 22.8 Å². The van der Waals surface area contributed by atoms with Gasteiger partial charge in [-0.3, -0.25) is 9.59 Å². The number of nitrogens with two attached hydrogens (primary N) is 1. The number of likely N-dealkylation sites (tertiary alicyclic amines) is 1. The summed E-state index contributed by atoms with van der Waals surface area (Å²) in [6.45, 7) is 2.47. The van der Waals surface area contributed by atoms with Gasteiger partial charge in [0, 0.05) is 13.6 Å². The highest BCUT2D eigenvalue weighted by Crippen LogP contribution is 2.21. The highest BCUT2D eigenvalue weighted by Gasteiger charge is 2.36. The van der Waals surface area contributed by atoms with Crippen LogP contribution in [0.4, 0.5) is 0 Å². The minimum atomic E-state index is -0.449. The molecule has 0 aromatic rings. The van der Waals surface area contributed by atoms with Crippen molar-refractivity contribution in [1.82, 2.24) is 10.2 Å². The number of carbonyl (C=O) groups is 2. The lowest BCUT2D eigenvalue weighted by Crippen LogP contribution is -2.48. The molecule has 0 bridgehead atoms. The Morgan fingerprint density at radius 3 is 2.71 bits per heavy atom. The molecule has 3 N–H and O–H groups in total. The van der Waals surface area contributed by atoms with Crippen LogP contribution in [0.5, 0.6) is 0 Å². The molecule has 1 aliphatic rings. The van der Waals surface area contributed by atoms with E-state index in [1.165, 1.54) is 0 Å². The molecule has 96 valence electrons. The Morgan fingerprint density at radius 2 is 2.24 bits per heavy atom. The summed E-state index contributed by atoms with van der Waals surface area (Å²) in [7, 11) is 1.58. The van der Waals surface area contributed by atoms with E-state index < -0.39 is 5.92 Å². The molecule has 0 radical (unpaired) electrons. The number of nitrogens with one attached hydrogen (secondary N) is 1. The van der Waals surface area contributed by atoms with Crippen molar-refractivity contribution in [2.45, 2.75) is 32.2 Å². The molecule has 1 rings (SSSR count). The highest BCUT2D eigenvalue weighted by molar-refractivity contribution is 7.80. The standard InChI is InChI=1S/C11H19N3O2S/c1-3-7(9(12)17)11(16)14-6-4-5-8(14)10(15)13-2/h7-8H,3-6H2,1-2H3,(H2,12,17)(H,13,15). The summed E-state index contributed by atoms with van der Waals surface area (Å²) in [5.41, 5.74) is 5.55. The van der Waals surface area contributed by atoms with E-state index in [0.717, 1.165) is 6.42 Å². The van der Waals surface area contributed by atoms with Gasteiger partial charge in [0.2, 0.25) is 11.8 Å². The van der Waals surface area contributed by atoms with Crippen LogP contribution in [-0.2, 0) is 9.59 Å². The van der Waals surface area contributed by atoms with Gasteiger partial charge in [-0.25, -0.2) is 0 Å². The van der Waals surface area contributed by atoms with E-state index in [1.807, 2.05) is 6.92 Å². The molecule has 2 unspecified atom stereocenters. The number of likely N-dealkylation sites (N-methyl/N-ethyl adjacent to an activating group) is 1. The van der Waals surface area contributed by atoms with Crippen molar-refractivity contribution in [2.75, 3.05) is 13.6 Å². The number of carbonyl (C=O) groups excluding carboxylic acids is 2. The van der Waals surface area contributed by atoms with Gasteiger partial charge in [0.25, 0.3) is 0 Å². The molecule has 0 aliphatic carbocycles. The molecule has 1 saturated heterocycles. The maximum absolute atomic E-state index is 12.2. The monoisotopic (exact) mass is 257 g/mol. The highest BCUT2D eigenvalue weighted by atomic mass is 32.1. The van der Waals surface area contributed by atoms with E-state index in [1.54, 1.807) is 11.9 Å². The largest absolute Gasteiger partial charge is 0.393 e. The van der Waals surface area contributed by atoms with Gasteiger partial charge in [0.15, 0.2) is 0 Å². The summed E-state index contributed by atoms with van der Waals surface area (Å²) in [6.07, 6.45) is 2.13. The van der Waals surface area contributed by atoms with Gasteiger partial charge in [-0.1, -0.05) is 19.1 Å². The number of hydrogen-bond donors (Lipinski definition) is 2. The summed E-state index contributed by atoms with van der Waals surface area (Å²) >= 11 is 4.89. The van der Waals surface area contributed by atoms with E-state index in [2.05, 4.69) is 5.32 Å². The molecule has 17 heavy (non-hydrogen) atoms. The van der Waals surface area contributed by atoms with Gasteiger partial charge in [0.05, 0.1) is 10.9 Å². The van der Waals surface area contributed by atoms with Gasteiger partial charge in [-0.2, -0.15) is 0 Å². The fraction of sp³-hybridized carbons (Fsp3) is 0.727. The number of nitrogens with zero attached hydrogens (tertiary/aromatic N) is 1. The van der Waals surface area contributed by atoms with E-state index >= 15 is 0 Å². The van der Waals surface area contributed by atoms with Crippen LogP contribution in [0.3, 0.4) is 0 Å². The zero-order chi connectivity index (χ0) is 13.0. The molecular formula is C11H19N3O2S. The zero-order valence-corrected chi connectivity index (χ0v) is 11.0. The Balaban J connectivity index is 2.80. The second-order valence-electron chi connectivity index (χ2n) is 4.17. The Bertz CT molecular complexity index is 333. The van der Waals surface area contributed by atoms with E-state index in [4.69, 9.17) is 18.0 Å². The lowest BCUT2D eigenvalue weighted by Gasteiger charge is -2.26. The third kappa shape index (κ3) is 2.94. The van der Waals surface area contributed by atoms with Crippen LogP contribution >= 0.6 is 12.2 Å². The predicted molar refractivity (Wildman–Crippen MR) is 69.4 cm³/mol. The fourth-order valence-corrected chi connectivity index (χ4v) is 2.43. The Morgan fingerprint density at radius 1 is 1.59 bits per heavy atom. The first kappa shape index (κ1) is 13.9. The Hall–Kier alpha value is -1.17. The van der Waals surface area contributed by atoms with Crippen LogP contribution in [0.2, 0.25) is 0 Å². The smallest absolute Gasteiger partial charge is 0.242 e. The SMILES string of the molecule is CCC(C(=O)N1CCCC1C(=O)NC)C(N)=S. The second-order valence-corrected chi connectivity index (χ2v) is 4.64. The average molecular weight is 257 g/mol. The lowest BCUT2D eigenvalue weighted by atomic mass is 10.0. The van der Waals surface area contributed by atoms with Crippen LogP contribution in [0, 0.1) is 5.92 Å². The van der Waals surface area contributed by atoms with Crippen LogP contribution in [0.1, 0.15) is 26.2 Å². The minimum Gasteiger partial charge on any atom is -0.393 e. The van der Waals surface area contributed by atoms with Crippen LogP contribution in [0.15, 0.2) is 0 Å². The zero-order valence-electron chi connectivity index (χ0n) is 10.2. The summed E-state index contributed by atoms with van der Waals surface area (Å²) in [4.78, 5) is 25.7. The van der Waals surface area contributed by atoms with Crippen molar-refractivity contribution < 1.29 is 9.59 Å². The van der Waals surface area contributed by atoms with Crippen LogP contribution in [0.25, 0.3) is 0 Å². The van der Waals surface area contributed by atoms with Crippen molar-refractivity contribution in [2.24, 2.45) is 11.7 Å². The minimum absolute atomic E-state index is 0.117. The van der Waals surface area contributed by atoms with Crippen LogP contribution in [-0.4, -0.2) is 41.3 Å².